The van der Waals surface area contributed by atoms with Crippen LogP contribution in [-0.4, -0.2) is 89.4 Å². The van der Waals surface area contributed by atoms with Gasteiger partial charge in [-0.15, -0.1) is 5.10 Å². The number of ether oxygens (including phenoxy) is 3. The van der Waals surface area contributed by atoms with Crippen LogP contribution in [-0.2, 0) is 16.0 Å². The summed E-state index contributed by atoms with van der Waals surface area (Å²) in [4.78, 5) is 29.4. The van der Waals surface area contributed by atoms with Crippen molar-refractivity contribution >= 4 is 11.8 Å². The first kappa shape index (κ1) is 23.7. The second kappa shape index (κ2) is 11.6. The quantitative estimate of drug-likeness (QED) is 0.542. The largest absolute Gasteiger partial charge is 0.496 e. The monoisotopic (exact) mass is 445 g/mol. The molecular weight excluding hydrogens is 414 g/mol. The van der Waals surface area contributed by atoms with Crippen molar-refractivity contribution in [1.82, 2.24) is 24.8 Å². The number of benzene rings is 1. The van der Waals surface area contributed by atoms with E-state index in [-0.39, 0.29) is 17.5 Å². The third kappa shape index (κ3) is 5.83. The van der Waals surface area contributed by atoms with Gasteiger partial charge in [-0.3, -0.25) is 9.59 Å². The van der Waals surface area contributed by atoms with Gasteiger partial charge in [-0.05, 0) is 32.4 Å². The summed E-state index contributed by atoms with van der Waals surface area (Å²) < 4.78 is 17.9. The minimum absolute atomic E-state index is 0.0967. The van der Waals surface area contributed by atoms with Gasteiger partial charge in [0.2, 0.25) is 0 Å². The van der Waals surface area contributed by atoms with E-state index in [2.05, 4.69) is 10.3 Å². The fourth-order valence-electron chi connectivity index (χ4n) is 3.64. The Morgan fingerprint density at radius 2 is 1.66 bits per heavy atom. The second-order valence-corrected chi connectivity index (χ2v) is 7.30. The van der Waals surface area contributed by atoms with Gasteiger partial charge in [-0.25, -0.2) is 4.68 Å². The molecule has 1 aliphatic rings. The minimum Gasteiger partial charge on any atom is -0.496 e. The van der Waals surface area contributed by atoms with Crippen LogP contribution in [0.4, 0.5) is 0 Å². The molecule has 1 fully saturated rings. The normalized spacial score (nSPS) is 14.5. The van der Waals surface area contributed by atoms with Gasteiger partial charge in [-0.1, -0.05) is 17.3 Å². The molecule has 0 radical (unpaired) electrons. The van der Waals surface area contributed by atoms with E-state index in [1.807, 2.05) is 26.0 Å². The Morgan fingerprint density at radius 1 is 1.00 bits per heavy atom. The highest BCUT2D eigenvalue weighted by Crippen LogP contribution is 2.20. The summed E-state index contributed by atoms with van der Waals surface area (Å²) in [6.07, 6.45) is 1.84. The van der Waals surface area contributed by atoms with Crippen molar-refractivity contribution in [2.45, 2.75) is 33.1 Å². The Labute approximate surface area is 188 Å². The Bertz CT molecular complexity index is 896. The maximum atomic E-state index is 13.0. The second-order valence-electron chi connectivity index (χ2n) is 7.30. The molecule has 32 heavy (non-hydrogen) atoms. The minimum atomic E-state index is -0.442. The SMILES string of the molecule is CCOC(Cn1cc(C(=O)N2CCCN(C(=O)c3ccccc3OC)CC2)nn1)OCC. The summed E-state index contributed by atoms with van der Waals surface area (Å²) in [5.41, 5.74) is 0.789. The van der Waals surface area contributed by atoms with Gasteiger partial charge in [-0.2, -0.15) is 0 Å². The van der Waals surface area contributed by atoms with E-state index in [0.717, 1.165) is 0 Å². The number of para-hydroxylation sites is 1. The number of nitrogens with zero attached hydrogens (tertiary/aromatic N) is 5. The molecule has 10 heteroatoms. The molecule has 0 saturated carbocycles. The molecule has 10 nitrogen and oxygen atoms in total. The van der Waals surface area contributed by atoms with Crippen LogP contribution >= 0.6 is 0 Å². The van der Waals surface area contributed by atoms with E-state index in [9.17, 15) is 9.59 Å². The van der Waals surface area contributed by atoms with Crippen LogP contribution in [0.5, 0.6) is 5.75 Å². The Balaban J connectivity index is 1.61. The molecule has 0 aliphatic carbocycles. The Kier molecular flexibility index (Phi) is 8.57. The average Bonchev–Trinajstić information content (AvgIpc) is 3.13. The molecule has 0 unspecified atom stereocenters. The number of hydrogen-bond donors (Lipinski definition) is 0. The van der Waals surface area contributed by atoms with Crippen molar-refractivity contribution < 1.29 is 23.8 Å². The highest BCUT2D eigenvalue weighted by atomic mass is 16.7. The molecule has 1 aliphatic heterocycles. The zero-order chi connectivity index (χ0) is 22.9. The summed E-state index contributed by atoms with van der Waals surface area (Å²) in [7, 11) is 1.55. The van der Waals surface area contributed by atoms with E-state index >= 15 is 0 Å². The lowest BCUT2D eigenvalue weighted by atomic mass is 10.1. The maximum Gasteiger partial charge on any atom is 0.276 e. The number of amides is 2. The number of rotatable bonds is 9. The molecule has 0 spiro atoms. The zero-order valence-electron chi connectivity index (χ0n) is 18.9. The third-order valence-electron chi connectivity index (χ3n) is 5.21. The maximum absolute atomic E-state index is 13.0. The van der Waals surface area contributed by atoms with E-state index < -0.39 is 6.29 Å². The van der Waals surface area contributed by atoms with Gasteiger partial charge in [0.15, 0.2) is 12.0 Å². The number of carbonyl (C=O) groups excluding carboxylic acids is 2. The predicted molar refractivity (Wildman–Crippen MR) is 116 cm³/mol. The molecular formula is C22H31N5O5. The predicted octanol–water partition coefficient (Wildman–Crippen LogP) is 1.67. The number of aromatic nitrogens is 3. The third-order valence-corrected chi connectivity index (χ3v) is 5.21. The Morgan fingerprint density at radius 3 is 2.31 bits per heavy atom. The van der Waals surface area contributed by atoms with Gasteiger partial charge in [0.1, 0.15) is 5.75 Å². The summed E-state index contributed by atoms with van der Waals surface area (Å²) in [5.74, 6) is 0.247. The van der Waals surface area contributed by atoms with Crippen molar-refractivity contribution in [2.24, 2.45) is 0 Å². The number of hydrogen-bond acceptors (Lipinski definition) is 7. The lowest BCUT2D eigenvalue weighted by Crippen LogP contribution is -2.37. The van der Waals surface area contributed by atoms with Crippen molar-refractivity contribution in [3.63, 3.8) is 0 Å². The topological polar surface area (TPSA) is 99.0 Å². The fourth-order valence-corrected chi connectivity index (χ4v) is 3.64. The lowest BCUT2D eigenvalue weighted by Gasteiger charge is -2.22. The molecule has 1 saturated heterocycles. The van der Waals surface area contributed by atoms with E-state index in [1.165, 1.54) is 0 Å². The molecule has 0 N–H and O–H groups in total. The molecule has 0 bridgehead atoms. The van der Waals surface area contributed by atoms with Crippen LogP contribution in [0.3, 0.4) is 0 Å². The smallest absolute Gasteiger partial charge is 0.276 e. The highest BCUT2D eigenvalue weighted by molar-refractivity contribution is 5.97. The molecule has 2 aromatic rings. The van der Waals surface area contributed by atoms with Crippen LogP contribution in [0.1, 0.15) is 41.1 Å². The molecule has 2 heterocycles. The van der Waals surface area contributed by atoms with E-state index in [1.54, 1.807) is 39.9 Å². The molecule has 1 aromatic carbocycles. The fraction of sp³-hybridized carbons (Fsp3) is 0.545. The lowest BCUT2D eigenvalue weighted by molar-refractivity contribution is -0.145. The zero-order valence-corrected chi connectivity index (χ0v) is 18.9. The standard InChI is InChI=1S/C22H31N5O5/c1-4-31-20(32-5-2)16-27-15-18(23-24-27)22(29)26-12-8-11-25(13-14-26)21(28)17-9-6-7-10-19(17)30-3/h6-7,9-10,15,20H,4-5,8,11-14,16H2,1-3H3. The molecule has 0 atom stereocenters. The summed E-state index contributed by atoms with van der Waals surface area (Å²) in [5, 5.41) is 8.08. The molecule has 2 amide bonds. The van der Waals surface area contributed by atoms with Crippen LogP contribution in [0, 0.1) is 0 Å². The van der Waals surface area contributed by atoms with Crippen LogP contribution in [0.25, 0.3) is 0 Å². The first-order chi connectivity index (χ1) is 15.6. The first-order valence-electron chi connectivity index (χ1n) is 10.9. The summed E-state index contributed by atoms with van der Waals surface area (Å²) in [6.45, 7) is 7.14. The van der Waals surface area contributed by atoms with Gasteiger partial charge in [0.05, 0.1) is 25.4 Å². The van der Waals surface area contributed by atoms with Gasteiger partial charge >= 0.3 is 0 Å². The summed E-state index contributed by atoms with van der Waals surface area (Å²) in [6, 6.07) is 7.17. The molecule has 1 aromatic heterocycles. The first-order valence-corrected chi connectivity index (χ1v) is 10.9. The van der Waals surface area contributed by atoms with Crippen molar-refractivity contribution in [1.29, 1.82) is 0 Å². The number of carbonyl (C=O) groups is 2. The van der Waals surface area contributed by atoms with E-state index in [4.69, 9.17) is 14.2 Å². The van der Waals surface area contributed by atoms with Crippen LogP contribution in [0.2, 0.25) is 0 Å². The summed E-state index contributed by atoms with van der Waals surface area (Å²) >= 11 is 0. The van der Waals surface area contributed by atoms with Crippen molar-refractivity contribution in [3.8, 4) is 5.75 Å². The van der Waals surface area contributed by atoms with Gasteiger partial charge in [0, 0.05) is 39.4 Å². The molecule has 174 valence electrons. The number of methoxy groups -OCH3 is 1. The highest BCUT2D eigenvalue weighted by Gasteiger charge is 2.26. The van der Waals surface area contributed by atoms with Crippen LogP contribution < -0.4 is 4.74 Å². The van der Waals surface area contributed by atoms with Crippen LogP contribution in [0.15, 0.2) is 30.5 Å². The van der Waals surface area contributed by atoms with Crippen molar-refractivity contribution in [2.75, 3.05) is 46.5 Å². The van der Waals surface area contributed by atoms with E-state index in [0.29, 0.717) is 63.7 Å². The van der Waals surface area contributed by atoms with Gasteiger partial charge in [0.25, 0.3) is 11.8 Å². The molecule has 3 rings (SSSR count). The van der Waals surface area contributed by atoms with Crippen molar-refractivity contribution in [3.05, 3.63) is 41.7 Å². The van der Waals surface area contributed by atoms with Gasteiger partial charge < -0.3 is 24.0 Å². The Hall–Kier alpha value is -2.98. The average molecular weight is 446 g/mol.